The van der Waals surface area contributed by atoms with Crippen molar-refractivity contribution in [1.82, 2.24) is 10.3 Å². The van der Waals surface area contributed by atoms with Gasteiger partial charge in [0.25, 0.3) is 5.91 Å². The van der Waals surface area contributed by atoms with Crippen LogP contribution in [0.15, 0.2) is 66.2 Å². The number of nitrogens with zero attached hydrogens (tertiary/aromatic N) is 2. The number of piperidine rings is 1. The number of rotatable bonds is 6. The first-order chi connectivity index (χ1) is 13.8. The maximum absolute atomic E-state index is 12.7. The molecular weight excluding hydrogens is 366 g/mol. The van der Waals surface area contributed by atoms with Gasteiger partial charge in [0, 0.05) is 24.2 Å². The van der Waals surface area contributed by atoms with Crippen LogP contribution in [0.5, 0.6) is 0 Å². The highest BCUT2D eigenvalue weighted by Crippen LogP contribution is 2.26. The van der Waals surface area contributed by atoms with E-state index in [1.54, 1.807) is 17.5 Å². The fourth-order valence-electron chi connectivity index (χ4n) is 3.80. The molecule has 0 radical (unpaired) electrons. The summed E-state index contributed by atoms with van der Waals surface area (Å²) in [5.74, 6) is 1.45. The zero-order chi connectivity index (χ0) is 19.2. The number of hydrogen-bond acceptors (Lipinski definition) is 4. The molecule has 0 saturated carbocycles. The van der Waals surface area contributed by atoms with E-state index < -0.39 is 0 Å². The number of aromatic nitrogens is 1. The fraction of sp³-hybridized carbons (Fsp3) is 0.304. The zero-order valence-corrected chi connectivity index (χ0v) is 16.7. The lowest BCUT2D eigenvalue weighted by atomic mass is 9.90. The van der Waals surface area contributed by atoms with E-state index in [9.17, 15) is 4.79 Å². The summed E-state index contributed by atoms with van der Waals surface area (Å²) in [4.78, 5) is 20.7. The molecule has 0 bridgehead atoms. The fourth-order valence-corrected chi connectivity index (χ4v) is 4.44. The molecule has 0 atom stereocenters. The minimum atomic E-state index is -0.0529. The average molecular weight is 392 g/mol. The number of anilines is 1. The Bertz CT molecular complexity index is 887. The van der Waals surface area contributed by atoms with E-state index in [2.05, 4.69) is 45.5 Å². The van der Waals surface area contributed by atoms with Gasteiger partial charge >= 0.3 is 0 Å². The molecule has 4 nitrogen and oxygen atoms in total. The summed E-state index contributed by atoms with van der Waals surface area (Å²) in [7, 11) is 0. The third-order valence-corrected chi connectivity index (χ3v) is 6.19. The van der Waals surface area contributed by atoms with Crippen molar-refractivity contribution in [2.75, 3.05) is 18.0 Å². The van der Waals surface area contributed by atoms with Crippen LogP contribution in [-0.2, 0) is 13.0 Å². The third-order valence-electron chi connectivity index (χ3n) is 5.32. The first kappa shape index (κ1) is 18.7. The molecule has 3 heterocycles. The van der Waals surface area contributed by atoms with Crippen LogP contribution in [-0.4, -0.2) is 24.0 Å². The summed E-state index contributed by atoms with van der Waals surface area (Å²) in [5.41, 5.74) is 2.08. The van der Waals surface area contributed by atoms with Gasteiger partial charge in [-0.15, -0.1) is 11.3 Å². The van der Waals surface area contributed by atoms with Crippen LogP contribution < -0.4 is 10.2 Å². The number of carbonyl (C=O) groups excluding carboxylic acids is 1. The van der Waals surface area contributed by atoms with Crippen LogP contribution in [0.4, 0.5) is 5.82 Å². The van der Waals surface area contributed by atoms with Crippen molar-refractivity contribution in [1.29, 1.82) is 0 Å². The van der Waals surface area contributed by atoms with Gasteiger partial charge < -0.3 is 10.2 Å². The summed E-state index contributed by atoms with van der Waals surface area (Å²) in [6.45, 7) is 2.45. The lowest BCUT2D eigenvalue weighted by molar-refractivity contribution is 0.0951. The second-order valence-electron chi connectivity index (χ2n) is 7.26. The lowest BCUT2D eigenvalue weighted by Gasteiger charge is -2.33. The normalized spacial score (nSPS) is 14.8. The van der Waals surface area contributed by atoms with E-state index in [0.717, 1.165) is 43.0 Å². The number of hydrogen-bond donors (Lipinski definition) is 1. The average Bonchev–Trinajstić information content (AvgIpc) is 3.27. The van der Waals surface area contributed by atoms with Crippen molar-refractivity contribution in [2.24, 2.45) is 5.92 Å². The van der Waals surface area contributed by atoms with Crippen molar-refractivity contribution in [3.05, 3.63) is 82.2 Å². The van der Waals surface area contributed by atoms with Crippen LogP contribution >= 0.6 is 11.3 Å². The Morgan fingerprint density at radius 2 is 1.89 bits per heavy atom. The largest absolute Gasteiger partial charge is 0.356 e. The zero-order valence-electron chi connectivity index (χ0n) is 15.9. The van der Waals surface area contributed by atoms with Gasteiger partial charge in [-0.3, -0.25) is 4.79 Å². The van der Waals surface area contributed by atoms with Gasteiger partial charge in [-0.05, 0) is 54.3 Å². The number of thiophene rings is 1. The molecule has 1 N–H and O–H groups in total. The van der Waals surface area contributed by atoms with Crippen molar-refractivity contribution in [2.45, 2.75) is 25.8 Å². The van der Waals surface area contributed by atoms with Crippen molar-refractivity contribution < 1.29 is 4.79 Å². The summed E-state index contributed by atoms with van der Waals surface area (Å²) < 4.78 is 0. The number of amides is 1. The van der Waals surface area contributed by atoms with Crippen LogP contribution in [0.3, 0.4) is 0 Å². The lowest BCUT2D eigenvalue weighted by Crippen LogP contribution is -2.36. The van der Waals surface area contributed by atoms with E-state index in [1.165, 1.54) is 5.56 Å². The maximum atomic E-state index is 12.7. The van der Waals surface area contributed by atoms with Gasteiger partial charge in [0.2, 0.25) is 0 Å². The molecule has 3 aromatic rings. The van der Waals surface area contributed by atoms with Crippen LogP contribution in [0.2, 0.25) is 0 Å². The SMILES string of the molecule is O=C(NCc1cccs1)c1cccnc1N1CCC(Cc2ccccc2)CC1. The quantitative estimate of drug-likeness (QED) is 0.671. The molecule has 1 aromatic carbocycles. The standard InChI is InChI=1S/C23H25N3OS/c27-23(25-17-20-8-5-15-28-20)21-9-4-12-24-22(21)26-13-10-19(11-14-26)16-18-6-2-1-3-7-18/h1-9,12,15,19H,10-11,13-14,16-17H2,(H,25,27). The molecule has 2 aromatic heterocycles. The minimum absolute atomic E-state index is 0.0529. The maximum Gasteiger partial charge on any atom is 0.255 e. The van der Waals surface area contributed by atoms with Crippen molar-refractivity contribution in [3.63, 3.8) is 0 Å². The summed E-state index contributed by atoms with van der Waals surface area (Å²) in [5, 5.41) is 5.05. The van der Waals surface area contributed by atoms with Crippen LogP contribution in [0.25, 0.3) is 0 Å². The Balaban J connectivity index is 1.38. The highest BCUT2D eigenvalue weighted by molar-refractivity contribution is 7.09. The first-order valence-corrected chi connectivity index (χ1v) is 10.7. The molecule has 1 aliphatic heterocycles. The molecule has 1 fully saturated rings. The summed E-state index contributed by atoms with van der Waals surface area (Å²) in [6, 6.07) is 18.5. The molecule has 1 saturated heterocycles. The predicted octanol–water partition coefficient (Wildman–Crippen LogP) is 4.53. The van der Waals surface area contributed by atoms with Crippen LogP contribution in [0.1, 0.15) is 33.6 Å². The molecule has 28 heavy (non-hydrogen) atoms. The van der Waals surface area contributed by atoms with Gasteiger partial charge in [0.15, 0.2) is 0 Å². The molecule has 5 heteroatoms. The molecule has 1 amide bonds. The molecule has 0 unspecified atom stereocenters. The number of pyridine rings is 1. The Kier molecular flexibility index (Phi) is 6.02. The van der Waals surface area contributed by atoms with Gasteiger partial charge in [0.1, 0.15) is 5.82 Å². The Morgan fingerprint density at radius 1 is 1.07 bits per heavy atom. The first-order valence-electron chi connectivity index (χ1n) is 9.84. The van der Waals surface area contributed by atoms with Gasteiger partial charge in [0.05, 0.1) is 12.1 Å². The highest BCUT2D eigenvalue weighted by atomic mass is 32.1. The third kappa shape index (κ3) is 4.60. The van der Waals surface area contributed by atoms with Crippen molar-refractivity contribution >= 4 is 23.1 Å². The topological polar surface area (TPSA) is 45.2 Å². The van der Waals surface area contributed by atoms with Crippen molar-refractivity contribution in [3.8, 4) is 0 Å². The van der Waals surface area contributed by atoms with E-state index >= 15 is 0 Å². The second-order valence-corrected chi connectivity index (χ2v) is 8.29. The monoisotopic (exact) mass is 391 g/mol. The molecule has 0 aliphatic carbocycles. The Hall–Kier alpha value is -2.66. The molecule has 4 rings (SSSR count). The predicted molar refractivity (Wildman–Crippen MR) is 115 cm³/mol. The molecular formula is C23H25N3OS. The number of carbonyl (C=O) groups is 1. The van der Waals surface area contributed by atoms with E-state index in [4.69, 9.17) is 0 Å². The highest BCUT2D eigenvalue weighted by Gasteiger charge is 2.24. The minimum Gasteiger partial charge on any atom is -0.356 e. The van der Waals surface area contributed by atoms with Gasteiger partial charge in [-0.25, -0.2) is 4.98 Å². The summed E-state index contributed by atoms with van der Waals surface area (Å²) >= 11 is 1.65. The second kappa shape index (κ2) is 9.02. The Labute approximate surface area is 170 Å². The smallest absolute Gasteiger partial charge is 0.255 e. The van der Waals surface area contributed by atoms with E-state index in [1.807, 2.05) is 29.6 Å². The van der Waals surface area contributed by atoms with E-state index in [-0.39, 0.29) is 5.91 Å². The van der Waals surface area contributed by atoms with Gasteiger partial charge in [-0.1, -0.05) is 36.4 Å². The Morgan fingerprint density at radius 3 is 2.64 bits per heavy atom. The number of nitrogens with one attached hydrogen (secondary N) is 1. The van der Waals surface area contributed by atoms with E-state index in [0.29, 0.717) is 18.0 Å². The molecule has 0 spiro atoms. The van der Waals surface area contributed by atoms with Gasteiger partial charge in [-0.2, -0.15) is 0 Å². The molecule has 1 aliphatic rings. The van der Waals surface area contributed by atoms with Crippen LogP contribution in [0, 0.1) is 5.92 Å². The molecule has 144 valence electrons. The summed E-state index contributed by atoms with van der Waals surface area (Å²) in [6.07, 6.45) is 5.16. The number of benzene rings is 1.